The highest BCUT2D eigenvalue weighted by Crippen LogP contribution is 2.25. The number of H-pyrrole nitrogens is 1. The topological polar surface area (TPSA) is 66.8 Å². The van der Waals surface area contributed by atoms with Crippen molar-refractivity contribution in [3.63, 3.8) is 0 Å². The molecule has 3 rings (SSSR count). The van der Waals surface area contributed by atoms with Gasteiger partial charge < -0.3 is 4.90 Å². The molecular formula is C18H20ClN5O. The summed E-state index contributed by atoms with van der Waals surface area (Å²) >= 11 is 6.17. The van der Waals surface area contributed by atoms with Crippen LogP contribution in [-0.4, -0.2) is 37.8 Å². The van der Waals surface area contributed by atoms with Crippen molar-refractivity contribution in [2.75, 3.05) is 7.05 Å². The zero-order chi connectivity index (χ0) is 18.1. The minimum absolute atomic E-state index is 0.141. The highest BCUT2D eigenvalue weighted by Gasteiger charge is 2.19. The van der Waals surface area contributed by atoms with Crippen LogP contribution in [-0.2, 0) is 13.6 Å². The Morgan fingerprint density at radius 3 is 2.68 bits per heavy atom. The van der Waals surface area contributed by atoms with Gasteiger partial charge >= 0.3 is 0 Å². The lowest BCUT2D eigenvalue weighted by Gasteiger charge is -2.16. The van der Waals surface area contributed by atoms with Gasteiger partial charge in [-0.25, -0.2) is 0 Å². The number of hydrogen-bond donors (Lipinski definition) is 1. The van der Waals surface area contributed by atoms with Gasteiger partial charge in [-0.3, -0.25) is 14.6 Å². The fourth-order valence-corrected chi connectivity index (χ4v) is 3.06. The number of aryl methyl sites for hydroxylation is 2. The van der Waals surface area contributed by atoms with Crippen molar-refractivity contribution in [1.82, 2.24) is 24.9 Å². The lowest BCUT2D eigenvalue weighted by atomic mass is 10.1. The van der Waals surface area contributed by atoms with E-state index in [1.807, 2.05) is 49.8 Å². The number of aromatic amines is 1. The van der Waals surface area contributed by atoms with Crippen molar-refractivity contribution in [3.8, 4) is 11.3 Å². The lowest BCUT2D eigenvalue weighted by Crippen LogP contribution is -2.26. The summed E-state index contributed by atoms with van der Waals surface area (Å²) in [5, 5.41) is 12.2. The van der Waals surface area contributed by atoms with Crippen molar-refractivity contribution in [2.24, 2.45) is 7.05 Å². The third kappa shape index (κ3) is 3.30. The summed E-state index contributed by atoms with van der Waals surface area (Å²) in [6, 6.07) is 9.27. The first kappa shape index (κ1) is 17.2. The molecule has 3 aromatic rings. The number of carbonyl (C=O) groups is 1. The number of amides is 1. The van der Waals surface area contributed by atoms with E-state index in [2.05, 4.69) is 15.3 Å². The number of aromatic nitrogens is 4. The Balaban J connectivity index is 1.82. The van der Waals surface area contributed by atoms with Crippen molar-refractivity contribution in [3.05, 3.63) is 58.0 Å². The Bertz CT molecular complexity index is 927. The number of nitrogens with zero attached hydrogens (tertiary/aromatic N) is 4. The SMILES string of the molecule is Cc1nn(C)c(C)c1-c1cc(C(=O)N(C)Cc2ccccc2Cl)[nH]n1. The van der Waals surface area contributed by atoms with Crippen LogP contribution in [0, 0.1) is 13.8 Å². The summed E-state index contributed by atoms with van der Waals surface area (Å²) in [4.78, 5) is 14.3. The van der Waals surface area contributed by atoms with E-state index in [1.54, 1.807) is 18.0 Å². The van der Waals surface area contributed by atoms with Gasteiger partial charge in [0.25, 0.3) is 5.91 Å². The Labute approximate surface area is 151 Å². The van der Waals surface area contributed by atoms with Gasteiger partial charge in [-0.05, 0) is 31.5 Å². The molecular weight excluding hydrogens is 338 g/mol. The van der Waals surface area contributed by atoms with E-state index >= 15 is 0 Å². The molecule has 1 amide bonds. The fourth-order valence-electron chi connectivity index (χ4n) is 2.86. The molecule has 0 unspecified atom stereocenters. The van der Waals surface area contributed by atoms with Crippen LogP contribution < -0.4 is 0 Å². The molecule has 0 bridgehead atoms. The van der Waals surface area contributed by atoms with Crippen molar-refractivity contribution < 1.29 is 4.79 Å². The van der Waals surface area contributed by atoms with Gasteiger partial charge in [-0.2, -0.15) is 10.2 Å². The zero-order valence-corrected chi connectivity index (χ0v) is 15.4. The summed E-state index contributed by atoms with van der Waals surface area (Å²) in [6.45, 7) is 4.34. The summed E-state index contributed by atoms with van der Waals surface area (Å²) in [6.07, 6.45) is 0. The first-order valence-corrected chi connectivity index (χ1v) is 8.31. The Kier molecular flexibility index (Phi) is 4.63. The highest BCUT2D eigenvalue weighted by atomic mass is 35.5. The number of rotatable bonds is 4. The molecule has 0 aliphatic heterocycles. The first-order valence-electron chi connectivity index (χ1n) is 7.93. The number of hydrogen-bond acceptors (Lipinski definition) is 3. The molecule has 0 aliphatic carbocycles. The van der Waals surface area contributed by atoms with Gasteiger partial charge in [0, 0.05) is 36.9 Å². The molecule has 2 heterocycles. The molecule has 1 N–H and O–H groups in total. The average Bonchev–Trinajstić information content (AvgIpc) is 3.14. The molecule has 0 spiro atoms. The van der Waals surface area contributed by atoms with E-state index in [0.29, 0.717) is 17.3 Å². The average molecular weight is 358 g/mol. The minimum Gasteiger partial charge on any atom is -0.336 e. The maximum Gasteiger partial charge on any atom is 0.271 e. The van der Waals surface area contributed by atoms with Gasteiger partial charge in [0.15, 0.2) is 0 Å². The molecule has 7 heteroatoms. The molecule has 0 radical (unpaired) electrons. The molecule has 0 atom stereocenters. The van der Waals surface area contributed by atoms with Gasteiger partial charge in [0.1, 0.15) is 5.69 Å². The van der Waals surface area contributed by atoms with Crippen LogP contribution in [0.5, 0.6) is 0 Å². The number of carbonyl (C=O) groups excluding carboxylic acids is 1. The predicted octanol–water partition coefficient (Wildman–Crippen LogP) is 3.35. The molecule has 1 aromatic carbocycles. The van der Waals surface area contributed by atoms with E-state index in [1.165, 1.54) is 0 Å². The largest absolute Gasteiger partial charge is 0.336 e. The van der Waals surface area contributed by atoms with E-state index in [4.69, 9.17) is 11.6 Å². The predicted molar refractivity (Wildman–Crippen MR) is 97.5 cm³/mol. The van der Waals surface area contributed by atoms with Crippen molar-refractivity contribution >= 4 is 17.5 Å². The van der Waals surface area contributed by atoms with Crippen LogP contribution in [0.1, 0.15) is 27.4 Å². The van der Waals surface area contributed by atoms with Crippen LogP contribution >= 0.6 is 11.6 Å². The Morgan fingerprint density at radius 2 is 2.04 bits per heavy atom. The third-order valence-corrected chi connectivity index (χ3v) is 4.65. The van der Waals surface area contributed by atoms with E-state index in [9.17, 15) is 4.79 Å². The summed E-state index contributed by atoms with van der Waals surface area (Å²) in [5.74, 6) is -0.141. The van der Waals surface area contributed by atoms with Gasteiger partial charge in [0.2, 0.25) is 0 Å². The fraction of sp³-hybridized carbons (Fsp3) is 0.278. The van der Waals surface area contributed by atoms with E-state index in [0.717, 1.165) is 28.2 Å². The third-order valence-electron chi connectivity index (χ3n) is 4.29. The highest BCUT2D eigenvalue weighted by molar-refractivity contribution is 6.31. The second kappa shape index (κ2) is 6.72. The molecule has 6 nitrogen and oxygen atoms in total. The molecule has 0 saturated heterocycles. The van der Waals surface area contributed by atoms with Crippen LogP contribution in [0.3, 0.4) is 0 Å². The number of nitrogens with one attached hydrogen (secondary N) is 1. The number of benzene rings is 1. The van der Waals surface area contributed by atoms with E-state index in [-0.39, 0.29) is 5.91 Å². The Hall–Kier alpha value is -2.60. The van der Waals surface area contributed by atoms with E-state index < -0.39 is 0 Å². The molecule has 0 fully saturated rings. The zero-order valence-electron chi connectivity index (χ0n) is 14.7. The lowest BCUT2D eigenvalue weighted by molar-refractivity contribution is 0.0779. The normalized spacial score (nSPS) is 10.9. The second-order valence-electron chi connectivity index (χ2n) is 6.09. The van der Waals surface area contributed by atoms with Crippen LogP contribution in [0.25, 0.3) is 11.3 Å². The molecule has 0 aliphatic rings. The van der Waals surface area contributed by atoms with Crippen molar-refractivity contribution in [2.45, 2.75) is 20.4 Å². The maximum absolute atomic E-state index is 12.7. The van der Waals surface area contributed by atoms with Crippen LogP contribution in [0.2, 0.25) is 5.02 Å². The molecule has 2 aromatic heterocycles. The Morgan fingerprint density at radius 1 is 1.32 bits per heavy atom. The molecule has 0 saturated carbocycles. The molecule has 25 heavy (non-hydrogen) atoms. The smallest absolute Gasteiger partial charge is 0.271 e. The van der Waals surface area contributed by atoms with Crippen molar-refractivity contribution in [1.29, 1.82) is 0 Å². The van der Waals surface area contributed by atoms with Gasteiger partial charge in [-0.1, -0.05) is 29.8 Å². The minimum atomic E-state index is -0.141. The summed E-state index contributed by atoms with van der Waals surface area (Å²) in [7, 11) is 3.63. The summed E-state index contributed by atoms with van der Waals surface area (Å²) in [5.41, 5.74) is 4.90. The van der Waals surface area contributed by atoms with Gasteiger partial charge in [-0.15, -0.1) is 0 Å². The van der Waals surface area contributed by atoms with Gasteiger partial charge in [0.05, 0.1) is 11.4 Å². The number of halogens is 1. The standard InChI is InChI=1S/C18H20ClN5O/c1-11-17(12(2)24(4)22-11)15-9-16(21-20-15)18(25)23(3)10-13-7-5-6-8-14(13)19/h5-9H,10H2,1-4H3,(H,20,21). The quantitative estimate of drug-likeness (QED) is 0.778. The summed E-state index contributed by atoms with van der Waals surface area (Å²) < 4.78 is 1.81. The maximum atomic E-state index is 12.7. The molecule has 130 valence electrons. The second-order valence-corrected chi connectivity index (χ2v) is 6.50. The van der Waals surface area contributed by atoms with Crippen LogP contribution in [0.15, 0.2) is 30.3 Å². The first-order chi connectivity index (χ1) is 11.9. The van der Waals surface area contributed by atoms with Crippen LogP contribution in [0.4, 0.5) is 0 Å². The monoisotopic (exact) mass is 357 g/mol.